The van der Waals surface area contributed by atoms with Crippen molar-refractivity contribution >= 4 is 53.5 Å². The summed E-state index contributed by atoms with van der Waals surface area (Å²) < 4.78 is 183. The zero-order chi connectivity index (χ0) is 47.9. The third kappa shape index (κ3) is 13.9. The van der Waals surface area contributed by atoms with Gasteiger partial charge in [-0.05, 0) is 0 Å². The number of aliphatic hydroxyl groups is 6. The molecule has 4 aliphatic heterocycles. The summed E-state index contributed by atoms with van der Waals surface area (Å²) in [5.74, 6) is -4.17. The molecule has 0 amide bonds. The van der Waals surface area contributed by atoms with Crippen LogP contribution in [0.1, 0.15) is 0 Å². The monoisotopic (exact) mass is 1010 g/mol. The van der Waals surface area contributed by atoms with E-state index in [1.165, 1.54) is 0 Å². The molecule has 368 valence electrons. The fourth-order valence-electron chi connectivity index (χ4n) is 6.33. The maximum atomic E-state index is 12.4. The summed E-state index contributed by atoms with van der Waals surface area (Å²) in [6.45, 7) is -2.80. The van der Waals surface area contributed by atoms with E-state index in [4.69, 9.17) is 53.7 Å². The molecule has 4 aliphatic rings. The average Bonchev–Trinajstić information content (AvgIpc) is 3.13. The quantitative estimate of drug-likeness (QED) is 0.0567. The van der Waals surface area contributed by atoms with Crippen LogP contribution in [0.5, 0.6) is 0 Å². The topological polar surface area (TPSA) is 567 Å². The molecule has 63 heavy (non-hydrogen) atoms. The highest BCUT2D eigenvalue weighted by Crippen LogP contribution is 2.36. The first-order valence-electron chi connectivity index (χ1n) is 16.9. The van der Waals surface area contributed by atoms with Crippen molar-refractivity contribution in [3.05, 3.63) is 0 Å². The molecule has 35 nitrogen and oxygen atoms in total. The number of carbonyl (C=O) groups is 2. The van der Waals surface area contributed by atoms with Gasteiger partial charge in [0.05, 0.1) is 25.3 Å². The normalized spacial score (nSPS) is 42.1. The Balaban J connectivity index is 1.67. The first kappa shape index (κ1) is 53.4. The van der Waals surface area contributed by atoms with Gasteiger partial charge in [0.2, 0.25) is 0 Å². The van der Waals surface area contributed by atoms with Gasteiger partial charge in [0.15, 0.2) is 43.5 Å². The third-order valence-electron chi connectivity index (χ3n) is 9.11. The molecule has 0 bridgehead atoms. The highest BCUT2D eigenvalue weighted by molar-refractivity contribution is 7.81. The lowest BCUT2D eigenvalue weighted by Crippen LogP contribution is -2.70. The van der Waals surface area contributed by atoms with Crippen molar-refractivity contribution in [1.29, 1.82) is 0 Å². The van der Waals surface area contributed by atoms with E-state index in [1.807, 2.05) is 0 Å². The van der Waals surface area contributed by atoms with Crippen molar-refractivity contribution in [2.75, 3.05) is 13.2 Å². The zero-order valence-electron chi connectivity index (χ0n) is 30.7. The van der Waals surface area contributed by atoms with Crippen LogP contribution in [0.4, 0.5) is 0 Å². The average molecular weight is 1010 g/mol. The van der Waals surface area contributed by atoms with E-state index < -0.39 is 189 Å². The largest absolute Gasteiger partial charge is 0.479 e. The second-order valence-corrected chi connectivity index (χ2v) is 17.7. The van der Waals surface area contributed by atoms with Crippen molar-refractivity contribution in [2.24, 2.45) is 11.5 Å². The van der Waals surface area contributed by atoms with E-state index in [0.29, 0.717) is 0 Å². The second-order valence-electron chi connectivity index (χ2n) is 13.4. The van der Waals surface area contributed by atoms with Gasteiger partial charge in [0, 0.05) is 0 Å². The van der Waals surface area contributed by atoms with Gasteiger partial charge in [-0.15, -0.1) is 0 Å². The van der Waals surface area contributed by atoms with Crippen LogP contribution < -0.4 is 11.5 Å². The van der Waals surface area contributed by atoms with Crippen LogP contribution in [0, 0.1) is 0 Å². The van der Waals surface area contributed by atoms with Crippen LogP contribution in [0.3, 0.4) is 0 Å². The Labute approximate surface area is 352 Å². The minimum absolute atomic E-state index is 1.21. The summed E-state index contributed by atoms with van der Waals surface area (Å²) in [4.78, 5) is 24.4. The minimum atomic E-state index is -5.81. The maximum absolute atomic E-state index is 12.4. The standard InChI is InChI=1S/C24H40N2O33S4/c25-5-8(28)7(27)3(1-49-60(37,38)39)51-22(5)55-14-9(29)10(30)24(57-18(14)20(34)35)54-12-4(2-50-61(40,41)42)52-23(6(26)13(12)58-62(43,44)45)56-15-11(31)16(59-63(46,47)48)21(36)53-17(15)19(32)33/h3-18,21-24,27-31,36H,1-2,25-26H2,(H,32,33)(H,34,35)(H,37,38,39)(H,40,41,42)(H,43,44,45)(H,46,47,48)/t3-,4-,5-,6-,7-,8-,9-,10-,11+,12-,13-,14+,15+,16-,17-,18+,21?,22-,23-,24-/m1/s1. The van der Waals surface area contributed by atoms with Gasteiger partial charge >= 0.3 is 53.5 Å². The van der Waals surface area contributed by atoms with Crippen molar-refractivity contribution in [1.82, 2.24) is 0 Å². The molecule has 4 heterocycles. The highest BCUT2D eigenvalue weighted by Gasteiger charge is 2.58. The number of ether oxygens (including phenoxy) is 7. The van der Waals surface area contributed by atoms with Crippen LogP contribution in [-0.2, 0) is 101 Å². The molecule has 0 saturated carbocycles. The van der Waals surface area contributed by atoms with Crippen LogP contribution in [-0.4, -0.2) is 241 Å². The van der Waals surface area contributed by atoms with Gasteiger partial charge in [-0.3, -0.25) is 18.2 Å². The third-order valence-corrected chi connectivity index (χ3v) is 10.9. The fourth-order valence-corrected chi connectivity index (χ4v) is 7.95. The SMILES string of the molecule is N[C@H]1[C@@H](O[C@H]2[C@H](O)[C@@H](O)[C@H](O[C@H]3[C@H](OS(=O)(=O)O)[C@@H](N)[C@@H](O[C@H]4[C@H](O)[C@@H](OS(=O)(=O)O)C(O)O[C@H]4C(=O)O)O[C@@H]3COS(=O)(=O)O)O[C@@H]2C(=O)O)O[C@H](COS(=O)(=O)O)[C@@H](O)[C@@H]1O. The fraction of sp³-hybridized carbons (Fsp3) is 0.917. The highest BCUT2D eigenvalue weighted by atomic mass is 32.3. The first-order valence-corrected chi connectivity index (χ1v) is 22.3. The van der Waals surface area contributed by atoms with Crippen LogP contribution in [0.25, 0.3) is 0 Å². The van der Waals surface area contributed by atoms with Gasteiger partial charge in [-0.2, -0.15) is 33.7 Å². The number of aliphatic hydroxyl groups excluding tert-OH is 6. The lowest BCUT2D eigenvalue weighted by Gasteiger charge is -2.49. The molecule has 0 spiro atoms. The maximum Gasteiger partial charge on any atom is 0.397 e. The molecule has 0 aromatic heterocycles. The summed E-state index contributed by atoms with van der Waals surface area (Å²) in [5.41, 5.74) is 11.9. The van der Waals surface area contributed by atoms with E-state index in [1.54, 1.807) is 0 Å². The molecule has 39 heteroatoms. The summed E-state index contributed by atoms with van der Waals surface area (Å²) in [7, 11) is -22.1. The molecule has 0 radical (unpaired) electrons. The molecular weight excluding hydrogens is 973 g/mol. The Hall–Kier alpha value is -2.18. The van der Waals surface area contributed by atoms with E-state index in [0.717, 1.165) is 0 Å². The minimum Gasteiger partial charge on any atom is -0.479 e. The van der Waals surface area contributed by atoms with Gasteiger partial charge < -0.3 is 85.5 Å². The predicted molar refractivity (Wildman–Crippen MR) is 181 cm³/mol. The Morgan fingerprint density at radius 2 is 0.889 bits per heavy atom. The van der Waals surface area contributed by atoms with Crippen LogP contribution >= 0.6 is 0 Å². The van der Waals surface area contributed by atoms with Gasteiger partial charge in [0.25, 0.3) is 0 Å². The van der Waals surface area contributed by atoms with E-state index in [-0.39, 0.29) is 0 Å². The Morgan fingerprint density at radius 1 is 0.460 bits per heavy atom. The molecule has 16 N–H and O–H groups in total. The van der Waals surface area contributed by atoms with Gasteiger partial charge in [0.1, 0.15) is 67.1 Å². The summed E-state index contributed by atoms with van der Waals surface area (Å²) in [6.07, 6.45) is -44.0. The molecular formula is C24H40N2O33S4. The number of hydrogen-bond donors (Lipinski definition) is 14. The molecule has 0 aliphatic carbocycles. The van der Waals surface area contributed by atoms with Crippen molar-refractivity contribution in [2.45, 2.75) is 123 Å². The first-order chi connectivity index (χ1) is 28.7. The summed E-state index contributed by atoms with van der Waals surface area (Å²) in [5, 5.41) is 83.4. The lowest BCUT2D eigenvalue weighted by molar-refractivity contribution is -0.366. The van der Waals surface area contributed by atoms with Gasteiger partial charge in [-0.25, -0.2) is 26.3 Å². The molecule has 1 unspecified atom stereocenters. The van der Waals surface area contributed by atoms with Crippen molar-refractivity contribution in [3.8, 4) is 0 Å². The Kier molecular flexibility index (Phi) is 17.3. The summed E-state index contributed by atoms with van der Waals surface area (Å²) in [6, 6.07) is -4.24. The van der Waals surface area contributed by atoms with E-state index >= 15 is 0 Å². The Morgan fingerprint density at radius 3 is 1.38 bits per heavy atom. The molecule has 20 atom stereocenters. The molecule has 4 fully saturated rings. The number of hydrogen-bond acceptors (Lipinski definition) is 29. The van der Waals surface area contributed by atoms with Gasteiger partial charge in [-0.1, -0.05) is 0 Å². The smallest absolute Gasteiger partial charge is 0.397 e. The predicted octanol–water partition coefficient (Wildman–Crippen LogP) is -10.3. The molecule has 4 rings (SSSR count). The van der Waals surface area contributed by atoms with Crippen molar-refractivity contribution < 1.29 is 152 Å². The second kappa shape index (κ2) is 20.4. The summed E-state index contributed by atoms with van der Waals surface area (Å²) >= 11 is 0. The van der Waals surface area contributed by atoms with Crippen LogP contribution in [0.2, 0.25) is 0 Å². The van der Waals surface area contributed by atoms with E-state index in [9.17, 15) is 93.2 Å². The molecule has 4 saturated heterocycles. The molecule has 0 aromatic carbocycles. The lowest BCUT2D eigenvalue weighted by atomic mass is 9.94. The molecule has 0 aromatic rings. The Bertz CT molecular complexity index is 2060. The van der Waals surface area contributed by atoms with Crippen LogP contribution in [0.15, 0.2) is 0 Å². The number of rotatable bonds is 18. The zero-order valence-corrected chi connectivity index (χ0v) is 34.0. The number of carboxylic acid groups (broad SMARTS) is 2. The number of aliphatic carboxylic acids is 2. The number of nitrogens with two attached hydrogens (primary N) is 2. The van der Waals surface area contributed by atoms with E-state index in [2.05, 4.69) is 16.7 Å². The van der Waals surface area contributed by atoms with Crippen molar-refractivity contribution in [3.63, 3.8) is 0 Å². The number of carboxylic acids is 2.